The van der Waals surface area contributed by atoms with Gasteiger partial charge in [-0.1, -0.05) is 42.5 Å². The summed E-state index contributed by atoms with van der Waals surface area (Å²) in [4.78, 5) is 12.3. The van der Waals surface area contributed by atoms with E-state index in [1.807, 2.05) is 42.5 Å². The first kappa shape index (κ1) is 12.9. The summed E-state index contributed by atoms with van der Waals surface area (Å²) < 4.78 is 0. The third-order valence-electron chi connectivity index (χ3n) is 3.83. The van der Waals surface area contributed by atoms with Crippen molar-refractivity contribution in [2.24, 2.45) is 0 Å². The topological polar surface area (TPSA) is 41.1 Å². The lowest BCUT2D eigenvalue weighted by atomic mass is 9.91. The third-order valence-corrected chi connectivity index (χ3v) is 3.83. The van der Waals surface area contributed by atoms with Crippen LogP contribution in [0.2, 0.25) is 0 Å². The van der Waals surface area contributed by atoms with Crippen LogP contribution < -0.4 is 10.6 Å². The van der Waals surface area contributed by atoms with E-state index in [0.717, 1.165) is 6.54 Å². The molecule has 2 aromatic rings. The molecule has 0 aromatic heterocycles. The lowest BCUT2D eigenvalue weighted by Crippen LogP contribution is -2.45. The molecule has 1 aliphatic rings. The Bertz CT molecular complexity index is 609. The number of nitrogens with one attached hydrogen (secondary N) is 2. The first-order valence-corrected chi connectivity index (χ1v) is 6.93. The minimum absolute atomic E-state index is 0.00709. The van der Waals surface area contributed by atoms with E-state index in [4.69, 9.17) is 0 Å². The molecule has 0 bridgehead atoms. The minimum Gasteiger partial charge on any atom is -0.344 e. The number of carbonyl (C=O) groups excluding carboxylic acids is 1. The van der Waals surface area contributed by atoms with Crippen molar-refractivity contribution in [3.63, 3.8) is 0 Å². The Kier molecular flexibility index (Phi) is 3.52. The van der Waals surface area contributed by atoms with E-state index >= 15 is 0 Å². The molecule has 2 aromatic carbocycles. The largest absolute Gasteiger partial charge is 0.344 e. The average molecular weight is 266 g/mol. The Morgan fingerprint density at radius 1 is 1.10 bits per heavy atom. The molecule has 3 rings (SSSR count). The second-order valence-corrected chi connectivity index (χ2v) is 5.19. The SMILES string of the molecule is CC1NCc2ccccc2C1NC(=O)c1ccccc1. The number of carbonyl (C=O) groups is 1. The van der Waals surface area contributed by atoms with Gasteiger partial charge in [-0.25, -0.2) is 0 Å². The van der Waals surface area contributed by atoms with E-state index in [-0.39, 0.29) is 18.0 Å². The molecule has 2 N–H and O–H groups in total. The van der Waals surface area contributed by atoms with Crippen molar-refractivity contribution < 1.29 is 4.79 Å². The van der Waals surface area contributed by atoms with Crippen molar-refractivity contribution in [1.29, 1.82) is 0 Å². The van der Waals surface area contributed by atoms with Gasteiger partial charge >= 0.3 is 0 Å². The molecule has 102 valence electrons. The average Bonchev–Trinajstić information content (AvgIpc) is 2.51. The van der Waals surface area contributed by atoms with Gasteiger partial charge in [-0.05, 0) is 30.2 Å². The van der Waals surface area contributed by atoms with Gasteiger partial charge in [0.15, 0.2) is 0 Å². The second-order valence-electron chi connectivity index (χ2n) is 5.19. The van der Waals surface area contributed by atoms with Gasteiger partial charge in [0.05, 0.1) is 6.04 Å². The third kappa shape index (κ3) is 2.45. The van der Waals surface area contributed by atoms with Gasteiger partial charge < -0.3 is 10.6 Å². The Morgan fingerprint density at radius 2 is 1.80 bits per heavy atom. The van der Waals surface area contributed by atoms with Crippen LogP contribution in [-0.2, 0) is 6.54 Å². The molecular weight excluding hydrogens is 248 g/mol. The molecule has 1 aliphatic heterocycles. The van der Waals surface area contributed by atoms with Gasteiger partial charge in [0.2, 0.25) is 0 Å². The van der Waals surface area contributed by atoms with Crippen LogP contribution in [-0.4, -0.2) is 11.9 Å². The highest BCUT2D eigenvalue weighted by atomic mass is 16.1. The lowest BCUT2D eigenvalue weighted by Gasteiger charge is -2.33. The summed E-state index contributed by atoms with van der Waals surface area (Å²) in [6.45, 7) is 2.96. The number of hydrogen-bond donors (Lipinski definition) is 2. The number of rotatable bonds is 2. The van der Waals surface area contributed by atoms with Crippen LogP contribution in [0.3, 0.4) is 0 Å². The molecule has 2 atom stereocenters. The molecule has 3 heteroatoms. The molecule has 0 spiro atoms. The molecule has 1 amide bonds. The number of fused-ring (bicyclic) bond motifs is 1. The highest BCUT2D eigenvalue weighted by Crippen LogP contribution is 2.26. The highest BCUT2D eigenvalue weighted by molar-refractivity contribution is 5.94. The standard InChI is InChI=1S/C17H18N2O/c1-12-16(15-10-6-5-9-14(15)11-18-12)19-17(20)13-7-3-2-4-8-13/h2-10,12,16,18H,11H2,1H3,(H,19,20). The fourth-order valence-electron chi connectivity index (χ4n) is 2.67. The van der Waals surface area contributed by atoms with Crippen LogP contribution in [0.1, 0.15) is 34.5 Å². The lowest BCUT2D eigenvalue weighted by molar-refractivity contribution is 0.0925. The Hall–Kier alpha value is -2.13. The van der Waals surface area contributed by atoms with Crippen molar-refractivity contribution in [3.05, 3.63) is 71.3 Å². The van der Waals surface area contributed by atoms with Crippen LogP contribution >= 0.6 is 0 Å². The normalized spacial score (nSPS) is 21.1. The highest BCUT2D eigenvalue weighted by Gasteiger charge is 2.27. The van der Waals surface area contributed by atoms with Crippen molar-refractivity contribution in [3.8, 4) is 0 Å². The van der Waals surface area contributed by atoms with Crippen molar-refractivity contribution >= 4 is 5.91 Å². The zero-order valence-corrected chi connectivity index (χ0v) is 11.5. The van der Waals surface area contributed by atoms with E-state index in [1.54, 1.807) is 0 Å². The van der Waals surface area contributed by atoms with Gasteiger partial charge in [-0.3, -0.25) is 4.79 Å². The molecule has 0 aliphatic carbocycles. The first-order chi connectivity index (χ1) is 9.75. The van der Waals surface area contributed by atoms with E-state index in [9.17, 15) is 4.79 Å². The molecule has 3 nitrogen and oxygen atoms in total. The molecule has 0 fully saturated rings. The molecule has 0 saturated carbocycles. The maximum atomic E-state index is 12.3. The van der Waals surface area contributed by atoms with E-state index < -0.39 is 0 Å². The molecule has 20 heavy (non-hydrogen) atoms. The zero-order valence-electron chi connectivity index (χ0n) is 11.5. The summed E-state index contributed by atoms with van der Waals surface area (Å²) in [5.41, 5.74) is 3.16. The predicted octanol–water partition coefficient (Wildman–Crippen LogP) is 2.65. The van der Waals surface area contributed by atoms with Gasteiger partial charge in [-0.15, -0.1) is 0 Å². The molecule has 2 unspecified atom stereocenters. The summed E-state index contributed by atoms with van der Waals surface area (Å²) in [5.74, 6) is -0.0269. The van der Waals surface area contributed by atoms with Gasteiger partial charge in [0.1, 0.15) is 0 Å². The van der Waals surface area contributed by atoms with Crippen molar-refractivity contribution in [2.75, 3.05) is 0 Å². The first-order valence-electron chi connectivity index (χ1n) is 6.93. The molecule has 1 heterocycles. The number of benzene rings is 2. The fourth-order valence-corrected chi connectivity index (χ4v) is 2.67. The zero-order chi connectivity index (χ0) is 13.9. The van der Waals surface area contributed by atoms with E-state index in [2.05, 4.69) is 29.7 Å². The smallest absolute Gasteiger partial charge is 0.251 e. The van der Waals surface area contributed by atoms with Crippen molar-refractivity contribution in [2.45, 2.75) is 25.6 Å². The summed E-state index contributed by atoms with van der Waals surface area (Å²) in [5, 5.41) is 6.57. The van der Waals surface area contributed by atoms with E-state index in [1.165, 1.54) is 11.1 Å². The Labute approximate surface area is 119 Å². The van der Waals surface area contributed by atoms with Crippen LogP contribution in [0, 0.1) is 0 Å². The Balaban J connectivity index is 1.85. The van der Waals surface area contributed by atoms with Crippen LogP contribution in [0.25, 0.3) is 0 Å². The number of hydrogen-bond acceptors (Lipinski definition) is 2. The summed E-state index contributed by atoms with van der Waals surface area (Å²) in [6, 6.07) is 17.8. The van der Waals surface area contributed by atoms with Gasteiger partial charge in [-0.2, -0.15) is 0 Å². The second kappa shape index (κ2) is 5.47. The summed E-state index contributed by atoms with van der Waals surface area (Å²) in [7, 11) is 0. The van der Waals surface area contributed by atoms with Crippen LogP contribution in [0.15, 0.2) is 54.6 Å². The van der Waals surface area contributed by atoms with Gasteiger partial charge in [0.25, 0.3) is 5.91 Å². The van der Waals surface area contributed by atoms with Crippen molar-refractivity contribution in [1.82, 2.24) is 10.6 Å². The summed E-state index contributed by atoms with van der Waals surface area (Å²) >= 11 is 0. The number of amides is 1. The predicted molar refractivity (Wildman–Crippen MR) is 79.4 cm³/mol. The maximum Gasteiger partial charge on any atom is 0.251 e. The molecule has 0 radical (unpaired) electrons. The fraction of sp³-hybridized carbons (Fsp3) is 0.235. The van der Waals surface area contributed by atoms with Crippen LogP contribution in [0.5, 0.6) is 0 Å². The molecule has 0 saturated heterocycles. The Morgan fingerprint density at radius 3 is 2.60 bits per heavy atom. The van der Waals surface area contributed by atoms with E-state index in [0.29, 0.717) is 5.56 Å². The minimum atomic E-state index is -0.0269. The van der Waals surface area contributed by atoms with Crippen LogP contribution in [0.4, 0.5) is 0 Å². The maximum absolute atomic E-state index is 12.3. The monoisotopic (exact) mass is 266 g/mol. The summed E-state index contributed by atoms with van der Waals surface area (Å²) in [6.07, 6.45) is 0. The quantitative estimate of drug-likeness (QED) is 0.877. The van der Waals surface area contributed by atoms with Gasteiger partial charge in [0, 0.05) is 18.2 Å². The molecular formula is C17H18N2O.